The number of hydrogen-bond acceptors (Lipinski definition) is 10. The van der Waals surface area contributed by atoms with Crippen LogP contribution in [0.15, 0.2) is 0 Å². The summed E-state index contributed by atoms with van der Waals surface area (Å²) in [4.78, 5) is 37.3. The number of hydrogen-bond donors (Lipinski definition) is 4. The molecule has 0 aromatic rings. The molecule has 5 N–H and O–H groups in total. The van der Waals surface area contributed by atoms with Gasteiger partial charge in [0.05, 0.1) is 59.5 Å². The Balaban J connectivity index is 0. The Bertz CT molecular complexity index is 893. The molecule has 0 aromatic heterocycles. The van der Waals surface area contributed by atoms with Gasteiger partial charge in [0.15, 0.2) is 0 Å². The molecule has 0 aliphatic rings. The van der Waals surface area contributed by atoms with Gasteiger partial charge in [-0.15, -0.1) is 18.8 Å². The quantitative estimate of drug-likeness (QED) is 0.0636. The summed E-state index contributed by atoms with van der Waals surface area (Å²) in [5.74, 6) is 9.69. The Kier molecular flexibility index (Phi) is 34.8. The Hall–Kier alpha value is -3.19. The first kappa shape index (κ1) is 45.9. The molecule has 0 bridgehead atoms. The van der Waals surface area contributed by atoms with Crippen LogP contribution < -0.4 is 21.7 Å². The third kappa shape index (κ3) is 34.0. The smallest absolute Gasteiger partial charge is 0.220 e. The van der Waals surface area contributed by atoms with Crippen LogP contribution in [0.5, 0.6) is 0 Å². The van der Waals surface area contributed by atoms with E-state index in [1.165, 1.54) is 0 Å². The van der Waals surface area contributed by atoms with Crippen molar-refractivity contribution in [3.05, 3.63) is 0 Å². The number of nitrogens with one attached hydrogen (secondary N) is 3. The van der Waals surface area contributed by atoms with Gasteiger partial charge >= 0.3 is 0 Å². The molecule has 0 aliphatic carbocycles. The van der Waals surface area contributed by atoms with Crippen LogP contribution in [0.3, 0.4) is 0 Å². The molecule has 0 unspecified atom stereocenters. The van der Waals surface area contributed by atoms with Crippen LogP contribution in [0.2, 0.25) is 0 Å². The Morgan fingerprint density at radius 3 is 1.21 bits per heavy atom. The second-order valence-electron chi connectivity index (χ2n) is 9.74. The van der Waals surface area contributed by atoms with Crippen molar-refractivity contribution in [1.82, 2.24) is 16.0 Å². The van der Waals surface area contributed by atoms with Gasteiger partial charge < -0.3 is 50.1 Å². The van der Waals surface area contributed by atoms with Crippen molar-refractivity contribution in [2.24, 2.45) is 5.73 Å². The third-order valence-electron chi connectivity index (χ3n) is 6.09. The lowest BCUT2D eigenvalue weighted by Crippen LogP contribution is -2.44. The summed E-state index contributed by atoms with van der Waals surface area (Å²) in [5, 5.41) is 8.38. The SMILES string of the molecule is C#CCOCCOCCNC(=O)CCC(N)(CCC(=O)NCCOCCOCC#C)CCC(=O)NCCOCCOCC#CC.CC. The molecule has 0 atom stereocenters. The molecule has 13 heteroatoms. The molecule has 268 valence electrons. The van der Waals surface area contributed by atoms with Crippen molar-refractivity contribution < 1.29 is 42.8 Å². The van der Waals surface area contributed by atoms with Crippen LogP contribution >= 0.6 is 0 Å². The van der Waals surface area contributed by atoms with E-state index in [9.17, 15) is 14.4 Å². The van der Waals surface area contributed by atoms with Crippen molar-refractivity contribution >= 4 is 17.7 Å². The third-order valence-corrected chi connectivity index (χ3v) is 6.09. The zero-order chi connectivity index (χ0) is 35.3. The zero-order valence-corrected chi connectivity index (χ0v) is 28.8. The second-order valence-corrected chi connectivity index (χ2v) is 9.74. The van der Waals surface area contributed by atoms with E-state index in [4.69, 9.17) is 47.0 Å². The van der Waals surface area contributed by atoms with Gasteiger partial charge in [-0.2, -0.15) is 0 Å². The van der Waals surface area contributed by atoms with E-state index < -0.39 is 5.54 Å². The molecule has 13 nitrogen and oxygen atoms in total. The van der Waals surface area contributed by atoms with E-state index in [0.29, 0.717) is 105 Å². The molecule has 0 rings (SSSR count). The first-order valence-electron chi connectivity index (χ1n) is 16.2. The summed E-state index contributed by atoms with van der Waals surface area (Å²) in [6.45, 7) is 10.9. The molecule has 3 amide bonds. The van der Waals surface area contributed by atoms with Crippen LogP contribution in [0.1, 0.15) is 59.3 Å². The maximum absolute atomic E-state index is 12.5. The molecule has 0 saturated heterocycles. The highest BCUT2D eigenvalue weighted by Gasteiger charge is 2.27. The number of terminal acetylenes is 2. The summed E-state index contributed by atoms with van der Waals surface area (Å²) >= 11 is 0. The standard InChI is InChI=1S/C32H52N4O9.C2H6/c1-4-7-19-42-25-28-45-22-16-36-31(39)10-13-32(33,11-8-29(37)34-14-20-43-26-23-40-17-5-2)12-9-30(38)35-15-21-44-27-24-41-18-6-3;1-2/h2-3H,8-28,33H2,1H3,(H,34,37)(H,35,38)(H,36,39);1-2H3. The van der Waals surface area contributed by atoms with Crippen LogP contribution in [0, 0.1) is 36.5 Å². The van der Waals surface area contributed by atoms with Gasteiger partial charge in [0.2, 0.25) is 17.7 Å². The van der Waals surface area contributed by atoms with E-state index >= 15 is 0 Å². The van der Waals surface area contributed by atoms with Crippen LogP contribution in [-0.2, 0) is 42.8 Å². The number of carbonyl (C=O) groups excluding carboxylic acids is 3. The Labute approximate surface area is 282 Å². The lowest BCUT2D eigenvalue weighted by atomic mass is 9.84. The normalized spacial score (nSPS) is 10.3. The second kappa shape index (κ2) is 35.7. The van der Waals surface area contributed by atoms with Gasteiger partial charge in [-0.3, -0.25) is 14.4 Å². The van der Waals surface area contributed by atoms with E-state index in [0.717, 1.165) is 0 Å². The zero-order valence-electron chi connectivity index (χ0n) is 28.8. The minimum absolute atomic E-state index is 0.139. The molecule has 47 heavy (non-hydrogen) atoms. The maximum Gasteiger partial charge on any atom is 0.220 e. The number of rotatable bonds is 30. The Morgan fingerprint density at radius 1 is 0.574 bits per heavy atom. The highest BCUT2D eigenvalue weighted by atomic mass is 16.5. The van der Waals surface area contributed by atoms with E-state index in [-0.39, 0.29) is 50.2 Å². The van der Waals surface area contributed by atoms with Crippen LogP contribution in [0.25, 0.3) is 0 Å². The fourth-order valence-electron chi connectivity index (χ4n) is 3.63. The number of amides is 3. The molecule has 0 aliphatic heterocycles. The fourth-order valence-corrected chi connectivity index (χ4v) is 3.63. The number of ether oxygens (including phenoxy) is 6. The molecule has 0 saturated carbocycles. The van der Waals surface area contributed by atoms with E-state index in [1.54, 1.807) is 6.92 Å². The van der Waals surface area contributed by atoms with Crippen LogP contribution in [-0.4, -0.2) is 122 Å². The average Bonchev–Trinajstić information content (AvgIpc) is 3.08. The van der Waals surface area contributed by atoms with Crippen molar-refractivity contribution in [2.75, 3.05) is 98.9 Å². The fraction of sp³-hybridized carbons (Fsp3) is 0.735. The predicted molar refractivity (Wildman–Crippen MR) is 181 cm³/mol. The van der Waals surface area contributed by atoms with E-state index in [1.807, 2.05) is 13.8 Å². The average molecular weight is 667 g/mol. The molecular weight excluding hydrogens is 608 g/mol. The predicted octanol–water partition coefficient (Wildman–Crippen LogP) is 0.789. The first-order chi connectivity index (χ1) is 22.9. The number of carbonyl (C=O) groups is 3. The molecule has 0 aromatic carbocycles. The summed E-state index contributed by atoms with van der Waals surface area (Å²) in [5.41, 5.74) is 5.76. The summed E-state index contributed by atoms with van der Waals surface area (Å²) < 4.78 is 31.7. The number of nitrogens with two attached hydrogens (primary N) is 1. The van der Waals surface area contributed by atoms with E-state index in [2.05, 4.69) is 39.6 Å². The first-order valence-corrected chi connectivity index (χ1v) is 16.2. The largest absolute Gasteiger partial charge is 0.377 e. The summed E-state index contributed by atoms with van der Waals surface area (Å²) in [6, 6.07) is 0. The lowest BCUT2D eigenvalue weighted by Gasteiger charge is -2.29. The molecule has 0 heterocycles. The summed E-state index contributed by atoms with van der Waals surface area (Å²) in [7, 11) is 0. The van der Waals surface area contributed by atoms with Gasteiger partial charge in [0, 0.05) is 44.4 Å². The van der Waals surface area contributed by atoms with Gasteiger partial charge in [0.1, 0.15) is 19.8 Å². The maximum atomic E-state index is 12.5. The van der Waals surface area contributed by atoms with Crippen molar-refractivity contribution in [3.8, 4) is 36.5 Å². The topological polar surface area (TPSA) is 169 Å². The van der Waals surface area contributed by atoms with Crippen LogP contribution in [0.4, 0.5) is 0 Å². The van der Waals surface area contributed by atoms with Crippen molar-refractivity contribution in [1.29, 1.82) is 0 Å². The summed E-state index contributed by atoms with van der Waals surface area (Å²) in [6.07, 6.45) is 11.5. The van der Waals surface area contributed by atoms with Crippen molar-refractivity contribution in [3.63, 3.8) is 0 Å². The minimum Gasteiger partial charge on any atom is -0.377 e. The minimum atomic E-state index is -0.906. The highest BCUT2D eigenvalue weighted by molar-refractivity contribution is 5.77. The van der Waals surface area contributed by atoms with Gasteiger partial charge in [-0.1, -0.05) is 31.6 Å². The molecule has 0 spiro atoms. The van der Waals surface area contributed by atoms with Gasteiger partial charge in [-0.25, -0.2) is 0 Å². The Morgan fingerprint density at radius 2 is 0.894 bits per heavy atom. The van der Waals surface area contributed by atoms with Gasteiger partial charge in [-0.05, 0) is 26.2 Å². The monoisotopic (exact) mass is 666 g/mol. The van der Waals surface area contributed by atoms with Gasteiger partial charge in [0.25, 0.3) is 0 Å². The lowest BCUT2D eigenvalue weighted by molar-refractivity contribution is -0.121. The molecule has 0 radical (unpaired) electrons. The molecular formula is C34H58N4O9. The molecule has 0 fully saturated rings. The highest BCUT2D eigenvalue weighted by Crippen LogP contribution is 2.23. The van der Waals surface area contributed by atoms with Crippen molar-refractivity contribution in [2.45, 2.75) is 64.8 Å².